The standard InChI is InChI=1S/C15H11ClN4O3/c16-8-3-4-11-9(6-8)13(17)10(7-18-11)14(21)19-20-15(22)12-2-1-5-23-12/h1-7H,(H2,17,18)(H,19,21)(H,20,22). The van der Waals surface area contributed by atoms with Gasteiger partial charge in [-0.3, -0.25) is 25.4 Å². The number of halogens is 1. The molecule has 2 aromatic heterocycles. The second-order valence-corrected chi connectivity index (χ2v) is 5.07. The highest BCUT2D eigenvalue weighted by Gasteiger charge is 2.15. The van der Waals surface area contributed by atoms with Crippen molar-refractivity contribution in [3.8, 4) is 0 Å². The Hall–Kier alpha value is -3.06. The van der Waals surface area contributed by atoms with Crippen LogP contribution in [-0.4, -0.2) is 16.8 Å². The van der Waals surface area contributed by atoms with Gasteiger partial charge in [0.2, 0.25) is 0 Å². The molecule has 0 saturated heterocycles. The van der Waals surface area contributed by atoms with Gasteiger partial charge in [0.05, 0.1) is 23.0 Å². The van der Waals surface area contributed by atoms with E-state index in [4.69, 9.17) is 21.8 Å². The molecule has 0 spiro atoms. The summed E-state index contributed by atoms with van der Waals surface area (Å²) in [4.78, 5) is 28.0. The number of fused-ring (bicyclic) bond motifs is 1. The van der Waals surface area contributed by atoms with Crippen LogP contribution in [0.25, 0.3) is 10.9 Å². The van der Waals surface area contributed by atoms with Crippen molar-refractivity contribution in [2.24, 2.45) is 0 Å². The van der Waals surface area contributed by atoms with E-state index in [-0.39, 0.29) is 17.0 Å². The third-order valence-corrected chi connectivity index (χ3v) is 3.39. The number of aromatic nitrogens is 1. The number of pyridine rings is 1. The maximum atomic E-state index is 12.2. The molecular formula is C15H11ClN4O3. The number of nitrogen functional groups attached to an aromatic ring is 1. The number of carbonyl (C=O) groups excluding carboxylic acids is 2. The highest BCUT2D eigenvalue weighted by atomic mass is 35.5. The van der Waals surface area contributed by atoms with Gasteiger partial charge >= 0.3 is 5.91 Å². The molecule has 1 aromatic carbocycles. The summed E-state index contributed by atoms with van der Waals surface area (Å²) in [6.45, 7) is 0. The SMILES string of the molecule is Nc1c(C(=O)NNC(=O)c2ccco2)cnc2ccc(Cl)cc12. The van der Waals surface area contributed by atoms with Crippen molar-refractivity contribution in [2.75, 3.05) is 5.73 Å². The fourth-order valence-corrected chi connectivity index (χ4v) is 2.19. The molecule has 3 aromatic rings. The highest BCUT2D eigenvalue weighted by Crippen LogP contribution is 2.25. The zero-order valence-electron chi connectivity index (χ0n) is 11.7. The summed E-state index contributed by atoms with van der Waals surface area (Å²) in [5.74, 6) is -1.11. The Morgan fingerprint density at radius 3 is 2.70 bits per heavy atom. The first kappa shape index (κ1) is 14.9. The molecule has 0 bridgehead atoms. The lowest BCUT2D eigenvalue weighted by Gasteiger charge is -2.10. The first-order valence-electron chi connectivity index (χ1n) is 6.54. The minimum absolute atomic E-state index is 0.0710. The predicted octanol–water partition coefficient (Wildman–Crippen LogP) is 2.14. The molecule has 2 heterocycles. The second-order valence-electron chi connectivity index (χ2n) is 4.63. The number of benzene rings is 1. The van der Waals surface area contributed by atoms with E-state index in [0.29, 0.717) is 15.9 Å². The lowest BCUT2D eigenvalue weighted by atomic mass is 10.1. The summed E-state index contributed by atoms with van der Waals surface area (Å²) in [6, 6.07) is 8.03. The van der Waals surface area contributed by atoms with Crippen molar-refractivity contribution in [3.63, 3.8) is 0 Å². The lowest BCUT2D eigenvalue weighted by Crippen LogP contribution is -2.41. The summed E-state index contributed by atoms with van der Waals surface area (Å²) in [5, 5.41) is 1.04. The summed E-state index contributed by atoms with van der Waals surface area (Å²) in [5.41, 5.74) is 11.4. The van der Waals surface area contributed by atoms with Crippen LogP contribution < -0.4 is 16.6 Å². The molecule has 0 fully saturated rings. The number of amides is 2. The highest BCUT2D eigenvalue weighted by molar-refractivity contribution is 6.31. The molecule has 0 saturated carbocycles. The second kappa shape index (κ2) is 5.98. The number of furan rings is 1. The Labute approximate surface area is 135 Å². The summed E-state index contributed by atoms with van der Waals surface area (Å²) in [7, 11) is 0. The van der Waals surface area contributed by atoms with Crippen molar-refractivity contribution < 1.29 is 14.0 Å². The van der Waals surface area contributed by atoms with Crippen LogP contribution in [-0.2, 0) is 0 Å². The Morgan fingerprint density at radius 1 is 1.17 bits per heavy atom. The summed E-state index contributed by atoms with van der Waals surface area (Å²) in [6.07, 6.45) is 2.69. The molecule has 2 amide bonds. The van der Waals surface area contributed by atoms with Gasteiger partial charge in [0, 0.05) is 16.6 Å². The Kier molecular flexibility index (Phi) is 3.86. The van der Waals surface area contributed by atoms with Crippen molar-refractivity contribution in [2.45, 2.75) is 0 Å². The number of rotatable bonds is 2. The fourth-order valence-electron chi connectivity index (χ4n) is 2.02. The predicted molar refractivity (Wildman–Crippen MR) is 84.8 cm³/mol. The van der Waals surface area contributed by atoms with Crippen LogP contribution >= 0.6 is 11.6 Å². The maximum absolute atomic E-state index is 12.2. The zero-order chi connectivity index (χ0) is 16.4. The van der Waals surface area contributed by atoms with Gasteiger partial charge in [-0.1, -0.05) is 11.6 Å². The number of carbonyl (C=O) groups is 2. The monoisotopic (exact) mass is 330 g/mol. The molecule has 0 aliphatic carbocycles. The fraction of sp³-hybridized carbons (Fsp3) is 0. The number of hydrogen-bond donors (Lipinski definition) is 3. The van der Waals surface area contributed by atoms with Crippen molar-refractivity contribution in [1.29, 1.82) is 0 Å². The summed E-state index contributed by atoms with van der Waals surface area (Å²) < 4.78 is 4.91. The molecule has 4 N–H and O–H groups in total. The molecule has 116 valence electrons. The summed E-state index contributed by atoms with van der Waals surface area (Å²) >= 11 is 5.93. The van der Waals surface area contributed by atoms with Gasteiger partial charge in [-0.15, -0.1) is 0 Å². The number of hydrazine groups is 1. The van der Waals surface area contributed by atoms with Crippen LogP contribution in [0.4, 0.5) is 5.69 Å². The van der Waals surface area contributed by atoms with E-state index in [9.17, 15) is 9.59 Å². The number of nitrogens with two attached hydrogens (primary N) is 1. The number of nitrogens with one attached hydrogen (secondary N) is 2. The number of anilines is 1. The topological polar surface area (TPSA) is 110 Å². The van der Waals surface area contributed by atoms with Gasteiger partial charge < -0.3 is 10.2 Å². The first-order valence-corrected chi connectivity index (χ1v) is 6.92. The van der Waals surface area contributed by atoms with Gasteiger partial charge in [-0.25, -0.2) is 0 Å². The van der Waals surface area contributed by atoms with Crippen LogP contribution in [0, 0.1) is 0 Å². The molecule has 3 rings (SSSR count). The van der Waals surface area contributed by atoms with E-state index in [0.717, 1.165) is 0 Å². The Morgan fingerprint density at radius 2 is 1.96 bits per heavy atom. The Bertz CT molecular complexity index is 893. The van der Waals surface area contributed by atoms with E-state index >= 15 is 0 Å². The van der Waals surface area contributed by atoms with Crippen LogP contribution in [0.5, 0.6) is 0 Å². The number of hydrogen-bond acceptors (Lipinski definition) is 5. The number of nitrogens with zero attached hydrogens (tertiary/aromatic N) is 1. The average Bonchev–Trinajstić information content (AvgIpc) is 3.08. The minimum Gasteiger partial charge on any atom is -0.459 e. The van der Waals surface area contributed by atoms with Crippen molar-refractivity contribution in [3.05, 3.63) is 59.1 Å². The Balaban J connectivity index is 1.81. The van der Waals surface area contributed by atoms with Crippen molar-refractivity contribution >= 4 is 40.0 Å². The smallest absolute Gasteiger partial charge is 0.305 e. The zero-order valence-corrected chi connectivity index (χ0v) is 12.4. The molecule has 0 unspecified atom stereocenters. The van der Waals surface area contributed by atoms with Gasteiger partial charge in [0.15, 0.2) is 5.76 Å². The third-order valence-electron chi connectivity index (χ3n) is 3.15. The van der Waals surface area contributed by atoms with E-state index in [2.05, 4.69) is 15.8 Å². The quantitative estimate of drug-likeness (QED) is 0.623. The molecule has 0 aliphatic heterocycles. The van der Waals surface area contributed by atoms with Crippen LogP contribution in [0.15, 0.2) is 47.2 Å². The minimum atomic E-state index is -0.600. The molecule has 0 atom stereocenters. The van der Waals surface area contributed by atoms with Crippen LogP contribution in [0.3, 0.4) is 0 Å². The van der Waals surface area contributed by atoms with Crippen LogP contribution in [0.1, 0.15) is 20.9 Å². The largest absolute Gasteiger partial charge is 0.459 e. The van der Waals surface area contributed by atoms with Gasteiger partial charge in [0.1, 0.15) is 0 Å². The van der Waals surface area contributed by atoms with E-state index in [1.165, 1.54) is 18.5 Å². The molecule has 0 radical (unpaired) electrons. The van der Waals surface area contributed by atoms with E-state index in [1.54, 1.807) is 24.3 Å². The van der Waals surface area contributed by atoms with Crippen molar-refractivity contribution in [1.82, 2.24) is 15.8 Å². The first-order chi connectivity index (χ1) is 11.1. The normalized spacial score (nSPS) is 10.5. The van der Waals surface area contributed by atoms with E-state index in [1.807, 2.05) is 0 Å². The maximum Gasteiger partial charge on any atom is 0.305 e. The van der Waals surface area contributed by atoms with E-state index < -0.39 is 11.8 Å². The van der Waals surface area contributed by atoms with Gasteiger partial charge in [0.25, 0.3) is 5.91 Å². The molecule has 0 aliphatic rings. The average molecular weight is 331 g/mol. The lowest BCUT2D eigenvalue weighted by molar-refractivity contribution is 0.0831. The third kappa shape index (κ3) is 2.95. The molecule has 7 nitrogen and oxygen atoms in total. The molecule has 8 heteroatoms. The van der Waals surface area contributed by atoms with Gasteiger partial charge in [-0.2, -0.15) is 0 Å². The molecular weight excluding hydrogens is 320 g/mol. The molecule has 23 heavy (non-hydrogen) atoms. The van der Waals surface area contributed by atoms with Gasteiger partial charge in [-0.05, 0) is 30.3 Å². The van der Waals surface area contributed by atoms with Crippen LogP contribution in [0.2, 0.25) is 5.02 Å².